The number of aromatic nitrogens is 1. The first kappa shape index (κ1) is 15.4. The highest BCUT2D eigenvalue weighted by Gasteiger charge is 2.51. The summed E-state index contributed by atoms with van der Waals surface area (Å²) in [5, 5.41) is 4.19. The molecule has 4 nitrogen and oxygen atoms in total. The highest BCUT2D eigenvalue weighted by Crippen LogP contribution is 2.45. The van der Waals surface area contributed by atoms with Gasteiger partial charge >= 0.3 is 0 Å². The number of aryl methyl sites for hydroxylation is 2. The minimum Gasteiger partial charge on any atom is -0.305 e. The Kier molecular flexibility index (Phi) is 4.14. The highest BCUT2D eigenvalue weighted by atomic mass is 32.2. The zero-order valence-corrected chi connectivity index (χ0v) is 14.4. The van der Waals surface area contributed by atoms with E-state index in [0.717, 1.165) is 43.7 Å². The van der Waals surface area contributed by atoms with Crippen molar-refractivity contribution < 1.29 is 8.42 Å². The molecule has 0 aromatic carbocycles. The SMILES string of the molecule is CCNC1(c2nc3c(s2)CCCC3)CCCC1S(C)(=O)=O. The molecule has 1 fully saturated rings. The van der Waals surface area contributed by atoms with Gasteiger partial charge < -0.3 is 5.32 Å². The molecule has 1 saturated carbocycles. The van der Waals surface area contributed by atoms with Crippen molar-refractivity contribution in [3.63, 3.8) is 0 Å². The minimum absolute atomic E-state index is 0.336. The van der Waals surface area contributed by atoms with Crippen LogP contribution in [-0.2, 0) is 28.2 Å². The van der Waals surface area contributed by atoms with Crippen LogP contribution in [0.15, 0.2) is 0 Å². The average Bonchev–Trinajstić information content (AvgIpc) is 3.02. The lowest BCUT2D eigenvalue weighted by atomic mass is 9.97. The second-order valence-corrected chi connectivity index (χ2v) is 9.62. The normalized spacial score (nSPS) is 29.5. The van der Waals surface area contributed by atoms with Crippen LogP contribution in [0.4, 0.5) is 0 Å². The number of rotatable bonds is 4. The van der Waals surface area contributed by atoms with Crippen LogP contribution < -0.4 is 5.32 Å². The number of fused-ring (bicyclic) bond motifs is 1. The lowest BCUT2D eigenvalue weighted by Gasteiger charge is -2.33. The van der Waals surface area contributed by atoms with Gasteiger partial charge in [-0.1, -0.05) is 6.92 Å². The fraction of sp³-hybridized carbons (Fsp3) is 0.800. The van der Waals surface area contributed by atoms with Gasteiger partial charge in [0.1, 0.15) is 5.01 Å². The molecule has 0 amide bonds. The Labute approximate surface area is 131 Å². The van der Waals surface area contributed by atoms with Crippen molar-refractivity contribution in [2.24, 2.45) is 0 Å². The lowest BCUT2D eigenvalue weighted by Crippen LogP contribution is -2.51. The molecule has 1 aromatic rings. The van der Waals surface area contributed by atoms with E-state index in [-0.39, 0.29) is 5.25 Å². The third-order valence-electron chi connectivity index (χ3n) is 4.82. The molecule has 2 aliphatic rings. The molecule has 0 saturated heterocycles. The Morgan fingerprint density at radius 3 is 2.76 bits per heavy atom. The van der Waals surface area contributed by atoms with E-state index >= 15 is 0 Å². The minimum atomic E-state index is -3.08. The van der Waals surface area contributed by atoms with E-state index < -0.39 is 15.4 Å². The Morgan fingerprint density at radius 2 is 2.10 bits per heavy atom. The molecular weight excluding hydrogens is 304 g/mol. The van der Waals surface area contributed by atoms with Crippen LogP contribution in [0.2, 0.25) is 0 Å². The van der Waals surface area contributed by atoms with Crippen LogP contribution in [0.3, 0.4) is 0 Å². The van der Waals surface area contributed by atoms with E-state index in [1.165, 1.54) is 29.7 Å². The highest BCUT2D eigenvalue weighted by molar-refractivity contribution is 7.91. The summed E-state index contributed by atoms with van der Waals surface area (Å²) < 4.78 is 24.6. The van der Waals surface area contributed by atoms with E-state index in [2.05, 4.69) is 5.32 Å². The summed E-state index contributed by atoms with van der Waals surface area (Å²) in [6.07, 6.45) is 8.56. The van der Waals surface area contributed by atoms with Crippen LogP contribution >= 0.6 is 11.3 Å². The van der Waals surface area contributed by atoms with Gasteiger partial charge in [-0.15, -0.1) is 11.3 Å². The first-order valence-corrected chi connectivity index (χ1v) is 10.7. The van der Waals surface area contributed by atoms with E-state index in [0.29, 0.717) is 0 Å². The molecular formula is C15H24N2O2S2. The third-order valence-corrected chi connectivity index (χ3v) is 7.83. The summed E-state index contributed by atoms with van der Waals surface area (Å²) >= 11 is 1.75. The number of nitrogens with one attached hydrogen (secondary N) is 1. The molecule has 0 aliphatic heterocycles. The quantitative estimate of drug-likeness (QED) is 0.922. The number of thiazole rings is 1. The van der Waals surface area contributed by atoms with Crippen molar-refractivity contribution in [2.45, 2.75) is 62.7 Å². The van der Waals surface area contributed by atoms with Gasteiger partial charge in [-0.3, -0.25) is 0 Å². The Morgan fingerprint density at radius 1 is 1.33 bits per heavy atom. The molecule has 2 aliphatic carbocycles. The smallest absolute Gasteiger partial charge is 0.152 e. The molecule has 0 bridgehead atoms. The van der Waals surface area contributed by atoms with Crippen molar-refractivity contribution in [3.8, 4) is 0 Å². The Bertz CT molecular complexity index is 600. The van der Waals surface area contributed by atoms with Crippen molar-refractivity contribution in [1.82, 2.24) is 10.3 Å². The molecule has 0 spiro atoms. The molecule has 2 atom stereocenters. The fourth-order valence-corrected chi connectivity index (χ4v) is 7.05. The maximum absolute atomic E-state index is 12.3. The van der Waals surface area contributed by atoms with Crippen LogP contribution in [0.1, 0.15) is 54.6 Å². The van der Waals surface area contributed by atoms with Gasteiger partial charge in [0.15, 0.2) is 9.84 Å². The second kappa shape index (κ2) is 5.63. The predicted molar refractivity (Wildman–Crippen MR) is 86.6 cm³/mol. The number of nitrogens with zero attached hydrogens (tertiary/aromatic N) is 1. The summed E-state index contributed by atoms with van der Waals surface area (Å²) in [5.41, 5.74) is 0.766. The van der Waals surface area contributed by atoms with Crippen molar-refractivity contribution in [2.75, 3.05) is 12.8 Å². The molecule has 21 heavy (non-hydrogen) atoms. The molecule has 118 valence electrons. The van der Waals surface area contributed by atoms with E-state index in [1.807, 2.05) is 6.92 Å². The summed E-state index contributed by atoms with van der Waals surface area (Å²) in [7, 11) is -3.08. The van der Waals surface area contributed by atoms with Crippen LogP contribution in [0, 0.1) is 0 Å². The summed E-state index contributed by atoms with van der Waals surface area (Å²) in [5.74, 6) is 0. The van der Waals surface area contributed by atoms with Gasteiger partial charge in [0.25, 0.3) is 0 Å². The van der Waals surface area contributed by atoms with Gasteiger partial charge in [-0.2, -0.15) is 0 Å². The van der Waals surface area contributed by atoms with Gasteiger partial charge in [0.05, 0.1) is 16.5 Å². The van der Waals surface area contributed by atoms with Crippen LogP contribution in [0.25, 0.3) is 0 Å². The first-order chi connectivity index (χ1) is 9.97. The monoisotopic (exact) mass is 328 g/mol. The average molecular weight is 329 g/mol. The Balaban J connectivity index is 2.06. The molecule has 2 unspecified atom stereocenters. The third kappa shape index (κ3) is 2.66. The predicted octanol–water partition coefficient (Wildman–Crippen LogP) is 2.42. The maximum atomic E-state index is 12.3. The van der Waals surface area contributed by atoms with Crippen molar-refractivity contribution in [3.05, 3.63) is 15.6 Å². The van der Waals surface area contributed by atoms with E-state index in [1.54, 1.807) is 11.3 Å². The number of hydrogen-bond donors (Lipinski definition) is 1. The second-order valence-electron chi connectivity index (χ2n) is 6.31. The standard InChI is InChI=1S/C15H24N2O2S2/c1-3-16-15(10-6-9-13(15)21(2,18)19)14-17-11-7-4-5-8-12(11)20-14/h13,16H,3-10H2,1-2H3. The number of hydrogen-bond acceptors (Lipinski definition) is 5. The zero-order valence-electron chi connectivity index (χ0n) is 12.8. The molecule has 3 rings (SSSR count). The molecule has 6 heteroatoms. The van der Waals surface area contributed by atoms with Gasteiger partial charge in [0, 0.05) is 11.1 Å². The van der Waals surface area contributed by atoms with Gasteiger partial charge in [-0.25, -0.2) is 13.4 Å². The summed E-state index contributed by atoms with van der Waals surface area (Å²) in [6.45, 7) is 2.82. The molecule has 1 N–H and O–H groups in total. The largest absolute Gasteiger partial charge is 0.305 e. The molecule has 1 aromatic heterocycles. The van der Waals surface area contributed by atoms with Crippen molar-refractivity contribution in [1.29, 1.82) is 0 Å². The summed E-state index contributed by atoms with van der Waals surface area (Å²) in [4.78, 5) is 6.26. The number of sulfone groups is 1. The first-order valence-electron chi connectivity index (χ1n) is 7.90. The van der Waals surface area contributed by atoms with Gasteiger partial charge in [0.2, 0.25) is 0 Å². The molecule has 1 heterocycles. The van der Waals surface area contributed by atoms with E-state index in [9.17, 15) is 8.42 Å². The zero-order chi connectivity index (χ0) is 15.1. The molecule has 0 radical (unpaired) electrons. The van der Waals surface area contributed by atoms with Crippen LogP contribution in [-0.4, -0.2) is 31.5 Å². The van der Waals surface area contributed by atoms with E-state index in [4.69, 9.17) is 4.98 Å². The lowest BCUT2D eigenvalue weighted by molar-refractivity contribution is 0.348. The maximum Gasteiger partial charge on any atom is 0.152 e. The topological polar surface area (TPSA) is 59.1 Å². The Hall–Kier alpha value is -0.460. The van der Waals surface area contributed by atoms with Gasteiger partial charge in [-0.05, 0) is 51.5 Å². The fourth-order valence-electron chi connectivity index (χ4n) is 3.93. The summed E-state index contributed by atoms with van der Waals surface area (Å²) in [6, 6.07) is 0. The van der Waals surface area contributed by atoms with Crippen molar-refractivity contribution >= 4 is 21.2 Å². The van der Waals surface area contributed by atoms with Crippen LogP contribution in [0.5, 0.6) is 0 Å².